The van der Waals surface area contributed by atoms with Crippen molar-refractivity contribution in [3.05, 3.63) is 70.1 Å². The van der Waals surface area contributed by atoms with E-state index in [0.29, 0.717) is 41.1 Å². The van der Waals surface area contributed by atoms with E-state index in [4.69, 9.17) is 9.47 Å². The number of aromatic nitrogens is 2. The second-order valence-electron chi connectivity index (χ2n) is 7.30. The standard InChI is InChI=1S/C23H21N3O4/c1-3-26-12-16(20-15-6-4-5-7-17(15)25(2)21(20)23(26)28)22(27)24-11-14-8-9-18-19(10-14)30-13-29-18/h4-10,12H,3,11,13H2,1-2H3,(H,24,27). The van der Waals surface area contributed by atoms with Gasteiger partial charge in [0.25, 0.3) is 11.5 Å². The molecule has 30 heavy (non-hydrogen) atoms. The Morgan fingerprint density at radius 1 is 1.13 bits per heavy atom. The highest BCUT2D eigenvalue weighted by Gasteiger charge is 2.21. The largest absolute Gasteiger partial charge is 0.454 e. The highest BCUT2D eigenvalue weighted by molar-refractivity contribution is 6.17. The van der Waals surface area contributed by atoms with E-state index in [-0.39, 0.29) is 18.3 Å². The van der Waals surface area contributed by atoms with Gasteiger partial charge in [0.1, 0.15) is 5.52 Å². The topological polar surface area (TPSA) is 74.5 Å². The zero-order valence-electron chi connectivity index (χ0n) is 16.8. The van der Waals surface area contributed by atoms with E-state index in [1.54, 1.807) is 10.8 Å². The molecule has 152 valence electrons. The van der Waals surface area contributed by atoms with E-state index in [9.17, 15) is 9.59 Å². The van der Waals surface area contributed by atoms with Crippen LogP contribution in [0.4, 0.5) is 0 Å². The van der Waals surface area contributed by atoms with Gasteiger partial charge in [-0.2, -0.15) is 0 Å². The lowest BCUT2D eigenvalue weighted by Gasteiger charge is -2.11. The zero-order chi connectivity index (χ0) is 20.8. The maximum Gasteiger partial charge on any atom is 0.275 e. The van der Waals surface area contributed by atoms with Gasteiger partial charge >= 0.3 is 0 Å². The number of benzene rings is 2. The Labute approximate surface area is 172 Å². The van der Waals surface area contributed by atoms with Crippen LogP contribution in [0.25, 0.3) is 21.8 Å². The summed E-state index contributed by atoms with van der Waals surface area (Å²) in [5.74, 6) is 1.16. The van der Waals surface area contributed by atoms with Crippen molar-refractivity contribution in [3.63, 3.8) is 0 Å². The number of pyridine rings is 1. The number of hydrogen-bond donors (Lipinski definition) is 1. The number of para-hydroxylation sites is 1. The Morgan fingerprint density at radius 3 is 2.77 bits per heavy atom. The lowest BCUT2D eigenvalue weighted by Crippen LogP contribution is -2.27. The summed E-state index contributed by atoms with van der Waals surface area (Å²) in [7, 11) is 1.86. The van der Waals surface area contributed by atoms with Crippen molar-refractivity contribution in [2.75, 3.05) is 6.79 Å². The van der Waals surface area contributed by atoms with Crippen LogP contribution in [0.15, 0.2) is 53.5 Å². The second kappa shape index (κ2) is 6.95. The first-order chi connectivity index (χ1) is 14.6. The Bertz CT molecular complexity index is 1370. The third kappa shape index (κ3) is 2.74. The summed E-state index contributed by atoms with van der Waals surface area (Å²) in [5.41, 5.74) is 2.75. The van der Waals surface area contributed by atoms with Crippen LogP contribution < -0.4 is 20.3 Å². The monoisotopic (exact) mass is 403 g/mol. The molecule has 3 heterocycles. The van der Waals surface area contributed by atoms with Gasteiger partial charge in [-0.1, -0.05) is 24.3 Å². The number of aryl methyl sites for hydroxylation is 2. The molecular weight excluding hydrogens is 382 g/mol. The molecule has 0 fully saturated rings. The van der Waals surface area contributed by atoms with Gasteiger partial charge < -0.3 is 23.9 Å². The Morgan fingerprint density at radius 2 is 1.93 bits per heavy atom. The fourth-order valence-electron chi connectivity index (χ4n) is 4.07. The molecule has 0 saturated heterocycles. The summed E-state index contributed by atoms with van der Waals surface area (Å²) in [5, 5.41) is 4.56. The molecule has 0 spiro atoms. The summed E-state index contributed by atoms with van der Waals surface area (Å²) < 4.78 is 14.2. The number of fused-ring (bicyclic) bond motifs is 4. The summed E-state index contributed by atoms with van der Waals surface area (Å²) in [6.07, 6.45) is 1.66. The molecule has 1 amide bonds. The van der Waals surface area contributed by atoms with Crippen LogP contribution in [-0.2, 0) is 20.1 Å². The summed E-state index contributed by atoms with van der Waals surface area (Å²) >= 11 is 0. The van der Waals surface area contributed by atoms with Crippen LogP contribution in [0.3, 0.4) is 0 Å². The number of carbonyl (C=O) groups excluding carboxylic acids is 1. The van der Waals surface area contributed by atoms with Gasteiger partial charge in [-0.15, -0.1) is 0 Å². The van der Waals surface area contributed by atoms with Crippen LogP contribution in [0, 0.1) is 0 Å². The van der Waals surface area contributed by atoms with Crippen molar-refractivity contribution >= 4 is 27.7 Å². The molecule has 0 unspecified atom stereocenters. The van der Waals surface area contributed by atoms with E-state index in [1.807, 2.05) is 61.0 Å². The van der Waals surface area contributed by atoms with E-state index >= 15 is 0 Å². The average molecular weight is 403 g/mol. The van der Waals surface area contributed by atoms with Gasteiger partial charge in [-0.25, -0.2) is 0 Å². The van der Waals surface area contributed by atoms with Gasteiger partial charge in [-0.05, 0) is 30.7 Å². The van der Waals surface area contributed by atoms with Crippen molar-refractivity contribution in [2.24, 2.45) is 7.05 Å². The Balaban J connectivity index is 1.57. The molecule has 0 bridgehead atoms. The Kier molecular flexibility index (Phi) is 4.24. The number of nitrogens with one attached hydrogen (secondary N) is 1. The molecule has 1 aliphatic heterocycles. The molecule has 5 rings (SSSR count). The van der Waals surface area contributed by atoms with Crippen LogP contribution in [0.2, 0.25) is 0 Å². The maximum atomic E-state index is 13.2. The predicted molar refractivity (Wildman–Crippen MR) is 114 cm³/mol. The fraction of sp³-hybridized carbons (Fsp3) is 0.217. The lowest BCUT2D eigenvalue weighted by molar-refractivity contribution is 0.0951. The number of nitrogens with zero attached hydrogens (tertiary/aromatic N) is 2. The minimum atomic E-state index is -0.226. The number of carbonyl (C=O) groups is 1. The first-order valence-corrected chi connectivity index (χ1v) is 9.85. The van der Waals surface area contributed by atoms with Crippen molar-refractivity contribution in [1.82, 2.24) is 14.5 Å². The number of amides is 1. The van der Waals surface area contributed by atoms with E-state index in [0.717, 1.165) is 16.5 Å². The van der Waals surface area contributed by atoms with Crippen LogP contribution >= 0.6 is 0 Å². The van der Waals surface area contributed by atoms with E-state index in [2.05, 4.69) is 5.32 Å². The third-order valence-electron chi connectivity index (χ3n) is 5.60. The van der Waals surface area contributed by atoms with E-state index < -0.39 is 0 Å². The molecule has 1 N–H and O–H groups in total. The summed E-state index contributed by atoms with van der Waals surface area (Å²) in [4.78, 5) is 26.2. The lowest BCUT2D eigenvalue weighted by atomic mass is 10.1. The molecule has 4 aromatic rings. The summed E-state index contributed by atoms with van der Waals surface area (Å²) in [6, 6.07) is 13.4. The number of ether oxygens (including phenoxy) is 2. The predicted octanol–water partition coefficient (Wildman–Crippen LogP) is 3.17. The second-order valence-corrected chi connectivity index (χ2v) is 7.30. The van der Waals surface area contributed by atoms with Crippen LogP contribution in [0.5, 0.6) is 11.5 Å². The summed E-state index contributed by atoms with van der Waals surface area (Å²) in [6.45, 7) is 2.93. The molecule has 7 nitrogen and oxygen atoms in total. The molecule has 2 aromatic carbocycles. The highest BCUT2D eigenvalue weighted by Crippen LogP contribution is 2.32. The van der Waals surface area contributed by atoms with Crippen LogP contribution in [0.1, 0.15) is 22.8 Å². The zero-order valence-corrected chi connectivity index (χ0v) is 16.8. The molecule has 0 aliphatic carbocycles. The van der Waals surface area contributed by atoms with Crippen molar-refractivity contribution in [1.29, 1.82) is 0 Å². The molecular formula is C23H21N3O4. The minimum absolute atomic E-state index is 0.0986. The fourth-order valence-corrected chi connectivity index (χ4v) is 4.07. The minimum Gasteiger partial charge on any atom is -0.454 e. The van der Waals surface area contributed by atoms with E-state index in [1.165, 1.54) is 0 Å². The molecule has 0 atom stereocenters. The van der Waals surface area contributed by atoms with Crippen molar-refractivity contribution < 1.29 is 14.3 Å². The molecule has 0 radical (unpaired) electrons. The molecule has 1 aliphatic rings. The third-order valence-corrected chi connectivity index (χ3v) is 5.60. The first-order valence-electron chi connectivity index (χ1n) is 9.85. The average Bonchev–Trinajstić information content (AvgIpc) is 3.35. The maximum absolute atomic E-state index is 13.2. The van der Waals surface area contributed by atoms with Crippen molar-refractivity contribution in [2.45, 2.75) is 20.0 Å². The van der Waals surface area contributed by atoms with Gasteiger partial charge in [0.15, 0.2) is 11.5 Å². The van der Waals surface area contributed by atoms with Gasteiger partial charge in [-0.3, -0.25) is 9.59 Å². The normalized spacial score (nSPS) is 12.6. The molecule has 2 aromatic heterocycles. The van der Waals surface area contributed by atoms with Gasteiger partial charge in [0.05, 0.1) is 5.56 Å². The molecule has 7 heteroatoms. The smallest absolute Gasteiger partial charge is 0.275 e. The number of hydrogen-bond acceptors (Lipinski definition) is 4. The quantitative estimate of drug-likeness (QED) is 0.568. The van der Waals surface area contributed by atoms with Crippen molar-refractivity contribution in [3.8, 4) is 11.5 Å². The Hall–Kier alpha value is -3.74. The molecule has 0 saturated carbocycles. The number of rotatable bonds is 4. The van der Waals surface area contributed by atoms with Crippen LogP contribution in [-0.4, -0.2) is 21.8 Å². The first kappa shape index (κ1) is 18.3. The highest BCUT2D eigenvalue weighted by atomic mass is 16.7. The van der Waals surface area contributed by atoms with Gasteiger partial charge in [0.2, 0.25) is 6.79 Å². The SMILES string of the molecule is CCn1cc(C(=O)NCc2ccc3c(c2)OCO3)c2c3ccccc3n(C)c2c1=O. The van der Waals surface area contributed by atoms with Gasteiger partial charge in [0, 0.05) is 42.6 Å².